The summed E-state index contributed by atoms with van der Waals surface area (Å²) in [4.78, 5) is 27.2. The van der Waals surface area contributed by atoms with Crippen LogP contribution in [0.25, 0.3) is 0 Å². The van der Waals surface area contributed by atoms with Crippen LogP contribution in [-0.2, 0) is 11.0 Å². The van der Waals surface area contributed by atoms with Gasteiger partial charge in [0.1, 0.15) is 12.8 Å². The second-order valence-electron chi connectivity index (χ2n) is 3.87. The molecule has 0 aliphatic rings. The summed E-state index contributed by atoms with van der Waals surface area (Å²) in [5.41, 5.74) is -4.08. The molecule has 1 rings (SSSR count). The Morgan fingerprint density at radius 2 is 1.77 bits per heavy atom. The number of amides is 1. The van der Waals surface area contributed by atoms with Crippen molar-refractivity contribution in [3.8, 4) is 0 Å². The summed E-state index contributed by atoms with van der Waals surface area (Å²) in [6, 6.07) is 0.334. The smallest absolute Gasteiger partial charge is 0.413 e. The van der Waals surface area contributed by atoms with Crippen LogP contribution >= 0.6 is 15.9 Å². The lowest BCUT2D eigenvalue weighted by atomic mass is 10.3. The number of aromatic nitrogens is 1. The van der Waals surface area contributed by atoms with Crippen molar-refractivity contribution in [2.45, 2.75) is 12.4 Å². The summed E-state index contributed by atoms with van der Waals surface area (Å²) in [6.45, 7) is 0. The lowest BCUT2D eigenvalue weighted by molar-refractivity contribution is -0.170. The van der Waals surface area contributed by atoms with Crippen molar-refractivity contribution in [1.82, 2.24) is 4.73 Å². The van der Waals surface area contributed by atoms with Crippen molar-refractivity contribution < 1.29 is 36.0 Å². The number of anilines is 1. The van der Waals surface area contributed by atoms with E-state index in [2.05, 4.69) is 20.8 Å². The van der Waals surface area contributed by atoms with Gasteiger partial charge in [-0.3, -0.25) is 9.59 Å². The fraction of sp³-hybridized carbons (Fsp3) is 0.400. The molecule has 0 aromatic carbocycles. The van der Waals surface area contributed by atoms with E-state index in [0.29, 0.717) is 13.1 Å². The summed E-state index contributed by atoms with van der Waals surface area (Å²) >= 11 is 2.56. The first-order valence-corrected chi connectivity index (χ1v) is 6.03. The molecular formula is C10H7BrF6N2O3. The highest BCUT2D eigenvalue weighted by Gasteiger charge is 2.44. The molecule has 1 aromatic rings. The second kappa shape index (κ2) is 5.82. The van der Waals surface area contributed by atoms with Crippen molar-refractivity contribution in [2.24, 2.45) is 0 Å². The third kappa shape index (κ3) is 3.36. The number of hydrogen-bond acceptors (Lipinski definition) is 3. The van der Waals surface area contributed by atoms with Gasteiger partial charge in [-0.2, -0.15) is 26.3 Å². The normalized spacial score (nSPS) is 12.2. The van der Waals surface area contributed by atoms with Crippen LogP contribution in [0.5, 0.6) is 0 Å². The molecule has 0 unspecified atom stereocenters. The zero-order valence-corrected chi connectivity index (χ0v) is 12.4. The molecule has 0 aliphatic carbocycles. The Morgan fingerprint density at radius 1 is 1.27 bits per heavy atom. The molecule has 5 nitrogen and oxygen atoms in total. The van der Waals surface area contributed by atoms with Crippen molar-refractivity contribution in [3.63, 3.8) is 0 Å². The standard InChI is InChI=1S/C10H7BrF6N2O3/c1-18(8(21)10(15,16)17)6-4(11)3-5(9(12,13)14)19(22-2)7(6)20/h3H,1-2H3. The molecule has 0 spiro atoms. The Morgan fingerprint density at radius 3 is 2.14 bits per heavy atom. The molecule has 0 atom stereocenters. The number of pyridine rings is 1. The van der Waals surface area contributed by atoms with Crippen LogP contribution in [0.2, 0.25) is 0 Å². The Hall–Kier alpha value is -1.72. The second-order valence-corrected chi connectivity index (χ2v) is 4.72. The van der Waals surface area contributed by atoms with Crippen LogP contribution in [0.3, 0.4) is 0 Å². The molecule has 1 aromatic heterocycles. The maximum atomic E-state index is 12.8. The van der Waals surface area contributed by atoms with Crippen LogP contribution in [0.15, 0.2) is 15.3 Å². The minimum Gasteiger partial charge on any atom is -0.413 e. The molecule has 0 saturated heterocycles. The first-order chi connectivity index (χ1) is 9.82. The number of carbonyl (C=O) groups is 1. The van der Waals surface area contributed by atoms with Crippen molar-refractivity contribution >= 4 is 27.5 Å². The molecule has 0 bridgehead atoms. The van der Waals surface area contributed by atoms with E-state index < -0.39 is 39.7 Å². The molecule has 0 aliphatic heterocycles. The van der Waals surface area contributed by atoms with Crippen LogP contribution in [0, 0.1) is 0 Å². The predicted octanol–water partition coefficient (Wildman–Crippen LogP) is 2.21. The lowest BCUT2D eigenvalue weighted by Gasteiger charge is -2.22. The fourth-order valence-electron chi connectivity index (χ4n) is 1.53. The van der Waals surface area contributed by atoms with Gasteiger partial charge in [0, 0.05) is 11.5 Å². The van der Waals surface area contributed by atoms with Gasteiger partial charge in [-0.1, -0.05) is 0 Å². The quantitative estimate of drug-likeness (QED) is 0.720. The third-order valence-corrected chi connectivity index (χ3v) is 3.06. The Labute approximate surface area is 127 Å². The topological polar surface area (TPSA) is 51.5 Å². The van der Waals surface area contributed by atoms with E-state index >= 15 is 0 Å². The highest BCUT2D eigenvalue weighted by molar-refractivity contribution is 9.10. The van der Waals surface area contributed by atoms with Crippen LogP contribution in [-0.4, -0.2) is 31.0 Å². The average Bonchev–Trinajstić information content (AvgIpc) is 2.34. The van der Waals surface area contributed by atoms with Gasteiger partial charge < -0.3 is 9.74 Å². The van der Waals surface area contributed by atoms with E-state index in [1.165, 1.54) is 0 Å². The minimum atomic E-state index is -5.30. The minimum absolute atomic E-state index is 0.109. The van der Waals surface area contributed by atoms with Gasteiger partial charge >= 0.3 is 23.8 Å². The van der Waals surface area contributed by atoms with Crippen LogP contribution < -0.4 is 15.3 Å². The van der Waals surface area contributed by atoms with Gasteiger partial charge in [-0.25, -0.2) is 0 Å². The van der Waals surface area contributed by atoms with Gasteiger partial charge in [0.15, 0.2) is 5.69 Å². The van der Waals surface area contributed by atoms with Gasteiger partial charge in [-0.05, 0) is 22.0 Å². The summed E-state index contributed by atoms with van der Waals surface area (Å²) in [5.74, 6) is -2.42. The fourth-order valence-corrected chi connectivity index (χ4v) is 2.18. The maximum Gasteiger partial charge on any atom is 0.471 e. The number of carbonyl (C=O) groups excluding carboxylic acids is 1. The molecule has 0 saturated carbocycles. The van der Waals surface area contributed by atoms with Crippen LogP contribution in [0.1, 0.15) is 5.69 Å². The van der Waals surface area contributed by atoms with E-state index in [4.69, 9.17) is 0 Å². The molecule has 12 heteroatoms. The number of alkyl halides is 6. The van der Waals surface area contributed by atoms with Crippen LogP contribution in [0.4, 0.5) is 32.0 Å². The van der Waals surface area contributed by atoms with Crippen molar-refractivity contribution in [1.29, 1.82) is 0 Å². The van der Waals surface area contributed by atoms with E-state index in [1.54, 1.807) is 0 Å². The summed E-state index contributed by atoms with van der Waals surface area (Å²) < 4.78 is 74.5. The Kier molecular flexibility index (Phi) is 4.85. The highest BCUT2D eigenvalue weighted by Crippen LogP contribution is 2.33. The molecule has 1 heterocycles. The van der Waals surface area contributed by atoms with Gasteiger partial charge in [0.05, 0.1) is 0 Å². The molecule has 1 amide bonds. The SMILES string of the molecule is COn1c(C(F)(F)F)cc(Br)c(N(C)C(=O)C(F)(F)F)c1=O. The number of halogens is 7. The number of nitrogens with zero attached hydrogens (tertiary/aromatic N) is 2. The third-order valence-electron chi connectivity index (χ3n) is 2.45. The Bertz CT molecular complexity index is 652. The molecule has 22 heavy (non-hydrogen) atoms. The molecular weight excluding hydrogens is 390 g/mol. The summed E-state index contributed by atoms with van der Waals surface area (Å²) in [6.07, 6.45) is -10.3. The monoisotopic (exact) mass is 396 g/mol. The predicted molar refractivity (Wildman–Crippen MR) is 65.4 cm³/mol. The first-order valence-electron chi connectivity index (χ1n) is 5.24. The van der Waals surface area contributed by atoms with Gasteiger partial charge in [-0.15, -0.1) is 4.73 Å². The van der Waals surface area contributed by atoms with Gasteiger partial charge in [0.25, 0.3) is 0 Å². The molecule has 0 fully saturated rings. The van der Waals surface area contributed by atoms with Crippen molar-refractivity contribution in [2.75, 3.05) is 19.1 Å². The van der Waals surface area contributed by atoms with E-state index in [1.807, 2.05) is 0 Å². The maximum absolute atomic E-state index is 12.8. The highest BCUT2D eigenvalue weighted by atomic mass is 79.9. The molecule has 0 radical (unpaired) electrons. The Balaban J connectivity index is 3.60. The van der Waals surface area contributed by atoms with E-state index in [9.17, 15) is 35.9 Å². The largest absolute Gasteiger partial charge is 0.471 e. The molecule has 0 N–H and O–H groups in total. The molecule has 124 valence electrons. The zero-order chi connectivity index (χ0) is 17.5. The zero-order valence-electron chi connectivity index (χ0n) is 10.8. The average molecular weight is 397 g/mol. The summed E-state index contributed by atoms with van der Waals surface area (Å²) in [7, 11) is 1.32. The van der Waals surface area contributed by atoms with Crippen molar-refractivity contribution in [3.05, 3.63) is 26.6 Å². The van der Waals surface area contributed by atoms with Gasteiger partial charge in [0.2, 0.25) is 0 Å². The number of hydrogen-bond donors (Lipinski definition) is 0. The van der Waals surface area contributed by atoms with E-state index in [-0.39, 0.29) is 9.63 Å². The summed E-state index contributed by atoms with van der Waals surface area (Å²) in [5, 5.41) is 0. The first kappa shape index (κ1) is 18.3. The van der Waals surface area contributed by atoms with E-state index in [0.717, 1.165) is 7.11 Å². The number of rotatable bonds is 2. The lowest BCUT2D eigenvalue weighted by Crippen LogP contribution is -2.43.